The lowest BCUT2D eigenvalue weighted by molar-refractivity contribution is 0.619. The molecule has 0 spiro atoms. The summed E-state index contributed by atoms with van der Waals surface area (Å²) >= 11 is 0. The lowest BCUT2D eigenvalue weighted by Crippen LogP contribution is -2.12. The van der Waals surface area contributed by atoms with Gasteiger partial charge in [-0.15, -0.1) is 0 Å². The van der Waals surface area contributed by atoms with Gasteiger partial charge in [0, 0.05) is 13.2 Å². The summed E-state index contributed by atoms with van der Waals surface area (Å²) in [5.74, 6) is 4.77. The lowest BCUT2D eigenvalue weighted by Gasteiger charge is -2.06. The molecule has 0 unspecified atom stereocenters. The summed E-state index contributed by atoms with van der Waals surface area (Å²) in [6.45, 7) is 1.81. The van der Waals surface area contributed by atoms with Gasteiger partial charge in [0.05, 0.1) is 17.6 Å². The summed E-state index contributed by atoms with van der Waals surface area (Å²) in [5.41, 5.74) is 3.67. The molecule has 2 heterocycles. The molecule has 8 heteroatoms. The van der Waals surface area contributed by atoms with Crippen molar-refractivity contribution in [3.63, 3.8) is 0 Å². The van der Waals surface area contributed by atoms with Crippen molar-refractivity contribution < 1.29 is 4.39 Å². The number of nitrogens with two attached hydrogens (primary N) is 1. The number of aromatic nitrogens is 4. The molecule has 2 aromatic rings. The molecule has 7 nitrogen and oxygen atoms in total. The highest BCUT2D eigenvalue weighted by molar-refractivity contribution is 5.58. The second-order valence-corrected chi connectivity index (χ2v) is 3.46. The third-order valence-electron chi connectivity index (χ3n) is 2.14. The minimum Gasteiger partial charge on any atom is -0.335 e. The number of halogens is 1. The molecule has 0 aliphatic rings. The molecule has 0 aliphatic carbocycles. The molecule has 0 amide bonds. The van der Waals surface area contributed by atoms with E-state index in [0.717, 1.165) is 11.9 Å². The van der Waals surface area contributed by atoms with Crippen LogP contribution in [0.5, 0.6) is 0 Å². The first kappa shape index (κ1) is 11.3. The highest BCUT2D eigenvalue weighted by Gasteiger charge is 2.09. The number of nitrogens with one attached hydrogen (secondary N) is 2. The maximum atomic E-state index is 13.4. The fourth-order valence-electron chi connectivity index (χ4n) is 1.37. The minimum atomic E-state index is -0.563. The fraction of sp³-hybridized carbons (Fsp3) is 0.222. The first-order valence-electron chi connectivity index (χ1n) is 4.86. The van der Waals surface area contributed by atoms with Crippen molar-refractivity contribution in [3.05, 3.63) is 23.9 Å². The van der Waals surface area contributed by atoms with Gasteiger partial charge in [0.1, 0.15) is 0 Å². The second kappa shape index (κ2) is 4.34. The van der Waals surface area contributed by atoms with E-state index in [4.69, 9.17) is 5.84 Å². The zero-order valence-electron chi connectivity index (χ0n) is 9.40. The van der Waals surface area contributed by atoms with Crippen molar-refractivity contribution in [3.8, 4) is 0 Å². The Morgan fingerprint density at radius 2 is 2.24 bits per heavy atom. The molecule has 2 rings (SSSR count). The normalized spacial score (nSPS) is 10.4. The molecule has 0 bridgehead atoms. The Bertz CT molecular complexity index is 536. The van der Waals surface area contributed by atoms with Crippen molar-refractivity contribution in [2.45, 2.75) is 6.92 Å². The Kier molecular flexibility index (Phi) is 2.88. The number of nitrogens with zero attached hydrogens (tertiary/aromatic N) is 4. The topological polar surface area (TPSA) is 93.7 Å². The predicted molar refractivity (Wildman–Crippen MR) is 61.0 cm³/mol. The first-order chi connectivity index (χ1) is 8.10. The summed E-state index contributed by atoms with van der Waals surface area (Å²) < 4.78 is 15.1. The molecule has 2 aromatic heterocycles. The smallest absolute Gasteiger partial charge is 0.239 e. The monoisotopic (exact) mass is 237 g/mol. The van der Waals surface area contributed by atoms with E-state index in [-0.39, 0.29) is 11.8 Å². The zero-order valence-corrected chi connectivity index (χ0v) is 9.40. The van der Waals surface area contributed by atoms with E-state index >= 15 is 0 Å². The number of rotatable bonds is 3. The lowest BCUT2D eigenvalue weighted by atomic mass is 10.4. The van der Waals surface area contributed by atoms with Crippen molar-refractivity contribution in [2.75, 3.05) is 10.7 Å². The number of hydrogen-bond acceptors (Lipinski definition) is 6. The van der Waals surface area contributed by atoms with Gasteiger partial charge in [-0.3, -0.25) is 10.1 Å². The van der Waals surface area contributed by atoms with Crippen LogP contribution in [-0.2, 0) is 7.05 Å². The molecule has 4 N–H and O–H groups in total. The summed E-state index contributed by atoms with van der Waals surface area (Å²) in [7, 11) is 1.78. The standard InChI is InChI=1S/C9H12FN7/c1-5-7(4-17(2)16-5)13-8-6(10)3-12-9(14-8)15-11/h3-4H,11H2,1-2H3,(H2,12,13,14,15). The van der Waals surface area contributed by atoms with Crippen LogP contribution in [0.2, 0.25) is 0 Å². The zero-order chi connectivity index (χ0) is 12.4. The van der Waals surface area contributed by atoms with E-state index in [2.05, 4.69) is 25.8 Å². The molecule has 17 heavy (non-hydrogen) atoms. The maximum Gasteiger partial charge on any atom is 0.239 e. The Morgan fingerprint density at radius 3 is 2.82 bits per heavy atom. The number of hydrogen-bond donors (Lipinski definition) is 3. The van der Waals surface area contributed by atoms with E-state index in [1.54, 1.807) is 17.9 Å². The van der Waals surface area contributed by atoms with Gasteiger partial charge in [-0.1, -0.05) is 0 Å². The van der Waals surface area contributed by atoms with Gasteiger partial charge in [0.15, 0.2) is 11.6 Å². The van der Waals surface area contributed by atoms with Crippen LogP contribution in [0.15, 0.2) is 12.4 Å². The summed E-state index contributed by atoms with van der Waals surface area (Å²) in [4.78, 5) is 7.51. The SMILES string of the molecule is Cc1nn(C)cc1Nc1nc(NN)ncc1F. The van der Waals surface area contributed by atoms with Gasteiger partial charge in [0.25, 0.3) is 0 Å². The summed E-state index contributed by atoms with van der Waals surface area (Å²) in [6, 6.07) is 0. The molecule has 0 aromatic carbocycles. The number of aryl methyl sites for hydroxylation is 2. The predicted octanol–water partition coefficient (Wildman–Crippen LogP) is 0.687. The Balaban J connectivity index is 2.32. The third-order valence-corrected chi connectivity index (χ3v) is 2.14. The van der Waals surface area contributed by atoms with Crippen LogP contribution in [0.1, 0.15) is 5.69 Å². The van der Waals surface area contributed by atoms with Gasteiger partial charge in [-0.25, -0.2) is 15.2 Å². The first-order valence-corrected chi connectivity index (χ1v) is 4.86. The van der Waals surface area contributed by atoms with Crippen molar-refractivity contribution in [1.29, 1.82) is 0 Å². The fourth-order valence-corrected chi connectivity index (χ4v) is 1.37. The molecular formula is C9H12FN7. The third kappa shape index (κ3) is 2.31. The second-order valence-electron chi connectivity index (χ2n) is 3.46. The molecule has 0 aliphatic heterocycles. The van der Waals surface area contributed by atoms with Crippen molar-refractivity contribution in [2.24, 2.45) is 12.9 Å². The van der Waals surface area contributed by atoms with E-state index in [9.17, 15) is 4.39 Å². The highest BCUT2D eigenvalue weighted by Crippen LogP contribution is 2.20. The van der Waals surface area contributed by atoms with E-state index in [1.165, 1.54) is 0 Å². The van der Waals surface area contributed by atoms with E-state index < -0.39 is 5.82 Å². The van der Waals surface area contributed by atoms with Crippen molar-refractivity contribution >= 4 is 17.5 Å². The molecule has 0 atom stereocenters. The van der Waals surface area contributed by atoms with Crippen LogP contribution >= 0.6 is 0 Å². The molecule has 0 fully saturated rings. The average Bonchev–Trinajstić information content (AvgIpc) is 2.60. The van der Waals surface area contributed by atoms with Crippen LogP contribution in [0, 0.1) is 12.7 Å². The van der Waals surface area contributed by atoms with Gasteiger partial charge in [-0.2, -0.15) is 10.1 Å². The Morgan fingerprint density at radius 1 is 1.47 bits per heavy atom. The van der Waals surface area contributed by atoms with Crippen LogP contribution in [0.4, 0.5) is 21.8 Å². The van der Waals surface area contributed by atoms with Gasteiger partial charge in [0.2, 0.25) is 5.95 Å². The van der Waals surface area contributed by atoms with Gasteiger partial charge < -0.3 is 5.32 Å². The molecule has 90 valence electrons. The number of nitrogen functional groups attached to an aromatic ring is 1. The number of anilines is 3. The highest BCUT2D eigenvalue weighted by atomic mass is 19.1. The van der Waals surface area contributed by atoms with Crippen LogP contribution in [-0.4, -0.2) is 19.7 Å². The molecular weight excluding hydrogens is 225 g/mol. The largest absolute Gasteiger partial charge is 0.335 e. The summed E-state index contributed by atoms with van der Waals surface area (Å²) in [5, 5.41) is 6.96. The Labute approximate surface area is 96.8 Å². The average molecular weight is 237 g/mol. The van der Waals surface area contributed by atoms with Crippen LogP contribution < -0.4 is 16.6 Å². The molecule has 0 saturated heterocycles. The maximum absolute atomic E-state index is 13.4. The summed E-state index contributed by atoms with van der Waals surface area (Å²) in [6.07, 6.45) is 2.77. The number of hydrazine groups is 1. The van der Waals surface area contributed by atoms with Crippen molar-refractivity contribution in [1.82, 2.24) is 19.7 Å². The van der Waals surface area contributed by atoms with Gasteiger partial charge >= 0.3 is 0 Å². The minimum absolute atomic E-state index is 0.0454. The van der Waals surface area contributed by atoms with Gasteiger partial charge in [-0.05, 0) is 6.92 Å². The van der Waals surface area contributed by atoms with Crippen LogP contribution in [0.3, 0.4) is 0 Å². The van der Waals surface area contributed by atoms with E-state index in [1.807, 2.05) is 6.92 Å². The quantitative estimate of drug-likeness (QED) is 0.537. The molecule has 0 saturated carbocycles. The molecule has 0 radical (unpaired) electrons. The van der Waals surface area contributed by atoms with E-state index in [0.29, 0.717) is 5.69 Å². The Hall–Kier alpha value is -2.22. The van der Waals surface area contributed by atoms with Crippen LogP contribution in [0.25, 0.3) is 0 Å².